The van der Waals surface area contributed by atoms with Gasteiger partial charge in [-0.2, -0.15) is 0 Å². The van der Waals surface area contributed by atoms with Crippen molar-refractivity contribution in [1.29, 1.82) is 0 Å². The van der Waals surface area contributed by atoms with Gasteiger partial charge in [0.15, 0.2) is 0 Å². The molecule has 6 nitrogen and oxygen atoms in total. The van der Waals surface area contributed by atoms with Gasteiger partial charge < -0.3 is 14.6 Å². The van der Waals surface area contributed by atoms with E-state index in [-0.39, 0.29) is 19.5 Å². The molecule has 144 valence electrons. The molecule has 1 N–H and O–H groups in total. The maximum atomic E-state index is 13.9. The number of aromatic amines is 1. The third-order valence-electron chi connectivity index (χ3n) is 5.17. The number of hydrogen-bond acceptors (Lipinski definition) is 5. The molecule has 2 aliphatic heterocycles. The average molecular weight is 383 g/mol. The Bertz CT molecular complexity index is 982. The van der Waals surface area contributed by atoms with E-state index >= 15 is 0 Å². The van der Waals surface area contributed by atoms with Gasteiger partial charge in [-0.3, -0.25) is 4.98 Å². The van der Waals surface area contributed by atoms with Crippen LogP contribution in [-0.4, -0.2) is 45.6 Å². The van der Waals surface area contributed by atoms with Crippen LogP contribution < -0.4 is 4.90 Å². The van der Waals surface area contributed by atoms with Crippen molar-refractivity contribution in [2.45, 2.75) is 25.4 Å². The van der Waals surface area contributed by atoms with E-state index in [0.717, 1.165) is 29.1 Å². The van der Waals surface area contributed by atoms with E-state index in [4.69, 9.17) is 9.72 Å². The largest absolute Gasteiger partial charge is 0.375 e. The number of alkyl halides is 2. The van der Waals surface area contributed by atoms with Crippen molar-refractivity contribution in [2.75, 3.05) is 24.6 Å². The molecule has 3 aromatic rings. The van der Waals surface area contributed by atoms with Crippen LogP contribution in [0.15, 0.2) is 36.7 Å². The number of nitrogens with one attached hydrogen (secondary N) is 1. The number of imidazole rings is 1. The molecule has 8 heteroatoms. The van der Waals surface area contributed by atoms with Crippen molar-refractivity contribution in [1.82, 2.24) is 19.9 Å². The third-order valence-corrected chi connectivity index (χ3v) is 5.17. The van der Waals surface area contributed by atoms with Crippen LogP contribution in [0.2, 0.25) is 0 Å². The summed E-state index contributed by atoms with van der Waals surface area (Å²) in [5.74, 6) is -1.59. The normalized spacial score (nSPS) is 18.3. The molecule has 0 bridgehead atoms. The number of rotatable bonds is 3. The van der Waals surface area contributed by atoms with E-state index in [0.29, 0.717) is 30.4 Å². The highest BCUT2D eigenvalue weighted by atomic mass is 19.3. The number of H-pyrrole nitrogens is 1. The van der Waals surface area contributed by atoms with Crippen molar-refractivity contribution in [2.24, 2.45) is 0 Å². The van der Waals surface area contributed by atoms with E-state index in [1.807, 2.05) is 24.3 Å². The highest BCUT2D eigenvalue weighted by Crippen LogP contribution is 2.40. The Hall–Kier alpha value is -2.87. The van der Waals surface area contributed by atoms with E-state index in [9.17, 15) is 8.78 Å². The van der Waals surface area contributed by atoms with Gasteiger partial charge in [-0.25, -0.2) is 18.7 Å². The number of hydrogen-bond donors (Lipinski definition) is 1. The number of ether oxygens (including phenoxy) is 1. The second kappa shape index (κ2) is 6.63. The minimum atomic E-state index is -2.71. The SMILES string of the molecule is FC1(F)CCN(c2nccc(-c3ccccn3)c2-c2nc3c([nH]2)COCC3)C1. The molecule has 5 heterocycles. The molecule has 0 saturated carbocycles. The van der Waals surface area contributed by atoms with Crippen molar-refractivity contribution in [3.63, 3.8) is 0 Å². The lowest BCUT2D eigenvalue weighted by Crippen LogP contribution is -2.26. The smallest absolute Gasteiger partial charge is 0.266 e. The fraction of sp³-hybridized carbons (Fsp3) is 0.350. The third kappa shape index (κ3) is 3.03. The summed E-state index contributed by atoms with van der Waals surface area (Å²) < 4.78 is 33.3. The predicted octanol–water partition coefficient (Wildman–Crippen LogP) is 3.45. The minimum absolute atomic E-state index is 0.176. The van der Waals surface area contributed by atoms with Gasteiger partial charge in [0.25, 0.3) is 5.92 Å². The molecule has 3 aromatic heterocycles. The first-order valence-electron chi connectivity index (χ1n) is 9.30. The second-order valence-corrected chi connectivity index (χ2v) is 7.11. The Labute approximate surface area is 160 Å². The summed E-state index contributed by atoms with van der Waals surface area (Å²) >= 11 is 0. The lowest BCUT2D eigenvalue weighted by atomic mass is 10.0. The van der Waals surface area contributed by atoms with Crippen molar-refractivity contribution in [3.8, 4) is 22.6 Å². The van der Waals surface area contributed by atoms with Crippen LogP contribution in [0.4, 0.5) is 14.6 Å². The van der Waals surface area contributed by atoms with Gasteiger partial charge in [-0.1, -0.05) is 6.07 Å². The van der Waals surface area contributed by atoms with E-state index in [1.165, 1.54) is 0 Å². The van der Waals surface area contributed by atoms with Crippen LogP contribution in [0.25, 0.3) is 22.6 Å². The maximum absolute atomic E-state index is 13.9. The summed E-state index contributed by atoms with van der Waals surface area (Å²) in [6.45, 7) is 1.01. The first-order valence-corrected chi connectivity index (χ1v) is 9.30. The van der Waals surface area contributed by atoms with Gasteiger partial charge in [0.05, 0.1) is 42.4 Å². The number of aromatic nitrogens is 4. The molecule has 28 heavy (non-hydrogen) atoms. The monoisotopic (exact) mass is 383 g/mol. The van der Waals surface area contributed by atoms with Gasteiger partial charge >= 0.3 is 0 Å². The summed E-state index contributed by atoms with van der Waals surface area (Å²) in [6, 6.07) is 7.49. The second-order valence-electron chi connectivity index (χ2n) is 7.11. The standard InChI is InChI=1S/C20H19F2N5O/c21-20(22)6-9-27(12-20)19-17(18-25-15-5-10-28-11-16(15)26-18)13(4-8-24-19)14-3-1-2-7-23-14/h1-4,7-8H,5-6,9-12H2,(H,25,26). The van der Waals surface area contributed by atoms with Crippen molar-refractivity contribution in [3.05, 3.63) is 48.0 Å². The fourth-order valence-electron chi connectivity index (χ4n) is 3.81. The van der Waals surface area contributed by atoms with Crippen LogP contribution in [-0.2, 0) is 17.8 Å². The molecular formula is C20H19F2N5O. The molecule has 1 saturated heterocycles. The Morgan fingerprint density at radius 1 is 1.14 bits per heavy atom. The van der Waals surface area contributed by atoms with E-state index in [2.05, 4.69) is 15.0 Å². The Morgan fingerprint density at radius 2 is 2.07 bits per heavy atom. The minimum Gasteiger partial charge on any atom is -0.375 e. The first-order chi connectivity index (χ1) is 13.6. The zero-order valence-electron chi connectivity index (χ0n) is 15.2. The summed E-state index contributed by atoms with van der Waals surface area (Å²) in [5.41, 5.74) is 4.14. The molecule has 0 amide bonds. The first kappa shape index (κ1) is 17.2. The topological polar surface area (TPSA) is 66.9 Å². The Morgan fingerprint density at radius 3 is 2.82 bits per heavy atom. The van der Waals surface area contributed by atoms with E-state index < -0.39 is 5.92 Å². The van der Waals surface area contributed by atoms with Crippen LogP contribution in [0.1, 0.15) is 17.8 Å². The summed E-state index contributed by atoms with van der Waals surface area (Å²) in [4.78, 5) is 18.6. The molecule has 0 atom stereocenters. The molecule has 0 radical (unpaired) electrons. The summed E-state index contributed by atoms with van der Waals surface area (Å²) in [6.07, 6.45) is 3.90. The zero-order valence-corrected chi connectivity index (χ0v) is 15.2. The van der Waals surface area contributed by atoms with Crippen LogP contribution in [0.3, 0.4) is 0 Å². The van der Waals surface area contributed by atoms with Gasteiger partial charge in [0.2, 0.25) is 0 Å². The van der Waals surface area contributed by atoms with Gasteiger partial charge in [-0.05, 0) is 18.2 Å². The molecule has 0 aliphatic carbocycles. The Kier molecular flexibility index (Phi) is 4.08. The van der Waals surface area contributed by atoms with Crippen molar-refractivity contribution < 1.29 is 13.5 Å². The van der Waals surface area contributed by atoms with Crippen LogP contribution >= 0.6 is 0 Å². The molecule has 0 unspecified atom stereocenters. The number of fused-ring (bicyclic) bond motifs is 1. The predicted molar refractivity (Wildman–Crippen MR) is 100 cm³/mol. The van der Waals surface area contributed by atoms with Gasteiger partial charge in [0, 0.05) is 37.3 Å². The Balaban J connectivity index is 1.69. The number of pyridine rings is 2. The van der Waals surface area contributed by atoms with E-state index in [1.54, 1.807) is 17.3 Å². The van der Waals surface area contributed by atoms with Crippen LogP contribution in [0, 0.1) is 0 Å². The highest BCUT2D eigenvalue weighted by Gasteiger charge is 2.40. The number of nitrogens with zero attached hydrogens (tertiary/aromatic N) is 4. The molecule has 0 spiro atoms. The quantitative estimate of drug-likeness (QED) is 0.750. The van der Waals surface area contributed by atoms with Crippen LogP contribution in [0.5, 0.6) is 0 Å². The van der Waals surface area contributed by atoms with Gasteiger partial charge in [0.1, 0.15) is 11.6 Å². The maximum Gasteiger partial charge on any atom is 0.266 e. The fourth-order valence-corrected chi connectivity index (χ4v) is 3.81. The molecule has 1 fully saturated rings. The summed E-state index contributed by atoms with van der Waals surface area (Å²) in [7, 11) is 0. The number of halogens is 2. The lowest BCUT2D eigenvalue weighted by Gasteiger charge is -2.21. The van der Waals surface area contributed by atoms with Gasteiger partial charge in [-0.15, -0.1) is 0 Å². The van der Waals surface area contributed by atoms with Crippen molar-refractivity contribution >= 4 is 5.82 Å². The molecule has 0 aromatic carbocycles. The highest BCUT2D eigenvalue weighted by molar-refractivity contribution is 5.87. The average Bonchev–Trinajstić information content (AvgIpc) is 3.30. The molecule has 5 rings (SSSR count). The summed E-state index contributed by atoms with van der Waals surface area (Å²) in [5, 5.41) is 0. The number of anilines is 1. The zero-order chi connectivity index (χ0) is 19.1. The lowest BCUT2D eigenvalue weighted by molar-refractivity contribution is 0.0257. The molecule has 2 aliphatic rings. The molecular weight excluding hydrogens is 364 g/mol.